The molecule has 0 N–H and O–H groups in total. The Morgan fingerprint density at radius 1 is 1.53 bits per heavy atom. The lowest BCUT2D eigenvalue weighted by molar-refractivity contribution is -0.136. The lowest BCUT2D eigenvalue weighted by atomic mass is 9.95. The first-order valence-corrected chi connectivity index (χ1v) is 5.71. The molecule has 0 aromatic carbocycles. The summed E-state index contributed by atoms with van der Waals surface area (Å²) in [7, 11) is 0. The molecule has 0 aromatic heterocycles. The molecule has 86 valence electrons. The summed E-state index contributed by atoms with van der Waals surface area (Å²) in [5.41, 5.74) is 0. The molecule has 0 spiro atoms. The Morgan fingerprint density at radius 3 is 2.73 bits per heavy atom. The Morgan fingerprint density at radius 2 is 2.20 bits per heavy atom. The van der Waals surface area contributed by atoms with Gasteiger partial charge in [-0.2, -0.15) is 0 Å². The molecule has 1 aliphatic heterocycles. The summed E-state index contributed by atoms with van der Waals surface area (Å²) < 4.78 is 25.5. The Balaban J connectivity index is 1.91. The minimum Gasteiger partial charge on any atom is -0.342 e. The normalized spacial score (nSPS) is 33.9. The van der Waals surface area contributed by atoms with Crippen molar-refractivity contribution in [2.75, 3.05) is 13.1 Å². The van der Waals surface area contributed by atoms with Gasteiger partial charge in [0.2, 0.25) is 5.91 Å². The van der Waals surface area contributed by atoms with E-state index in [0.29, 0.717) is 19.0 Å². The summed E-state index contributed by atoms with van der Waals surface area (Å²) in [5.74, 6) is -3.53. The summed E-state index contributed by atoms with van der Waals surface area (Å²) in [4.78, 5) is 13.3. The monoisotopic (exact) mass is 217 g/mol. The van der Waals surface area contributed by atoms with Gasteiger partial charge in [-0.3, -0.25) is 4.79 Å². The van der Waals surface area contributed by atoms with Crippen LogP contribution in [0, 0.1) is 11.8 Å². The highest BCUT2D eigenvalue weighted by Gasteiger charge is 2.62. The highest BCUT2D eigenvalue weighted by atomic mass is 19.3. The molecule has 4 heteroatoms. The molecule has 0 aromatic rings. The molecule has 2 atom stereocenters. The number of hydrogen-bond donors (Lipinski definition) is 0. The zero-order valence-corrected chi connectivity index (χ0v) is 9.01. The third-order valence-corrected chi connectivity index (χ3v) is 3.53. The van der Waals surface area contributed by atoms with Gasteiger partial charge in [-0.25, -0.2) is 8.78 Å². The smallest absolute Gasteiger partial charge is 0.260 e. The Labute approximate surface area is 88.6 Å². The molecule has 1 amide bonds. The first-order chi connectivity index (χ1) is 7.04. The van der Waals surface area contributed by atoms with E-state index in [9.17, 15) is 13.6 Å². The van der Waals surface area contributed by atoms with Crippen molar-refractivity contribution in [2.45, 2.75) is 38.5 Å². The second kappa shape index (κ2) is 3.72. The molecule has 1 saturated heterocycles. The van der Waals surface area contributed by atoms with E-state index in [1.807, 2.05) is 0 Å². The number of alkyl halides is 2. The van der Waals surface area contributed by atoms with Crippen molar-refractivity contribution in [3.63, 3.8) is 0 Å². The molecular formula is C11H17F2NO. The zero-order chi connectivity index (χ0) is 11.1. The average molecular weight is 217 g/mol. The maximum absolute atomic E-state index is 12.7. The molecule has 1 saturated carbocycles. The Hall–Kier alpha value is -0.670. The Bertz CT molecular complexity index is 267. The van der Waals surface area contributed by atoms with Crippen molar-refractivity contribution < 1.29 is 13.6 Å². The van der Waals surface area contributed by atoms with Crippen LogP contribution in [0.15, 0.2) is 0 Å². The lowest BCUT2D eigenvalue weighted by Gasteiger charge is -2.32. The number of rotatable bonds is 2. The number of likely N-dealkylation sites (tertiary alicyclic amines) is 1. The fourth-order valence-electron chi connectivity index (χ4n) is 2.30. The average Bonchev–Trinajstić information content (AvgIpc) is 2.87. The molecule has 15 heavy (non-hydrogen) atoms. The summed E-state index contributed by atoms with van der Waals surface area (Å²) in [6.45, 7) is 3.44. The van der Waals surface area contributed by atoms with Gasteiger partial charge >= 0.3 is 0 Å². The largest absolute Gasteiger partial charge is 0.342 e. The van der Waals surface area contributed by atoms with E-state index in [0.717, 1.165) is 19.3 Å². The maximum atomic E-state index is 12.7. The molecule has 1 heterocycles. The first kappa shape index (κ1) is 10.8. The fourth-order valence-corrected chi connectivity index (χ4v) is 2.30. The number of carbonyl (C=O) groups excluding carboxylic acids is 1. The Kier molecular flexibility index (Phi) is 2.69. The van der Waals surface area contributed by atoms with Crippen molar-refractivity contribution in [1.82, 2.24) is 4.90 Å². The molecule has 0 radical (unpaired) electrons. The summed E-state index contributed by atoms with van der Waals surface area (Å²) in [5, 5.41) is 0. The molecule has 2 nitrogen and oxygen atoms in total. The van der Waals surface area contributed by atoms with E-state index in [-0.39, 0.29) is 12.3 Å². The van der Waals surface area contributed by atoms with Gasteiger partial charge in [-0.1, -0.05) is 13.3 Å². The number of carbonyl (C=O) groups is 1. The lowest BCUT2D eigenvalue weighted by Crippen LogP contribution is -2.41. The second-order valence-corrected chi connectivity index (χ2v) is 4.72. The quantitative estimate of drug-likeness (QED) is 0.695. The van der Waals surface area contributed by atoms with Crippen LogP contribution in [0.4, 0.5) is 8.78 Å². The van der Waals surface area contributed by atoms with Crippen molar-refractivity contribution in [1.29, 1.82) is 0 Å². The summed E-state index contributed by atoms with van der Waals surface area (Å²) in [6, 6.07) is 0. The molecule has 0 bridgehead atoms. The van der Waals surface area contributed by atoms with Crippen LogP contribution in [-0.2, 0) is 4.79 Å². The number of piperidine rings is 1. The fraction of sp³-hybridized carbons (Fsp3) is 0.909. The molecule has 2 aliphatic rings. The molecular weight excluding hydrogens is 200 g/mol. The molecule has 1 aliphatic carbocycles. The summed E-state index contributed by atoms with van der Waals surface area (Å²) in [6.07, 6.45) is 2.88. The van der Waals surface area contributed by atoms with Crippen molar-refractivity contribution >= 4 is 5.91 Å². The number of nitrogens with zero attached hydrogens (tertiary/aromatic N) is 1. The molecule has 2 rings (SSSR count). The van der Waals surface area contributed by atoms with Crippen LogP contribution in [0.2, 0.25) is 0 Å². The highest BCUT2D eigenvalue weighted by molar-refractivity contribution is 5.83. The van der Waals surface area contributed by atoms with Gasteiger partial charge in [-0.15, -0.1) is 0 Å². The maximum Gasteiger partial charge on any atom is 0.260 e. The van der Waals surface area contributed by atoms with E-state index >= 15 is 0 Å². The van der Waals surface area contributed by atoms with Crippen LogP contribution in [-0.4, -0.2) is 29.8 Å². The van der Waals surface area contributed by atoms with Crippen molar-refractivity contribution in [3.8, 4) is 0 Å². The van der Waals surface area contributed by atoms with Gasteiger partial charge in [-0.05, 0) is 18.8 Å². The topological polar surface area (TPSA) is 20.3 Å². The second-order valence-electron chi connectivity index (χ2n) is 4.72. The van der Waals surface area contributed by atoms with Crippen LogP contribution < -0.4 is 0 Å². The van der Waals surface area contributed by atoms with Crippen molar-refractivity contribution in [2.24, 2.45) is 11.8 Å². The van der Waals surface area contributed by atoms with Gasteiger partial charge in [0.1, 0.15) is 5.92 Å². The minimum absolute atomic E-state index is 0.237. The highest BCUT2D eigenvalue weighted by Crippen LogP contribution is 2.49. The molecule has 2 unspecified atom stereocenters. The van der Waals surface area contributed by atoms with Crippen LogP contribution >= 0.6 is 0 Å². The minimum atomic E-state index is -2.71. The SMILES string of the molecule is CCC1CCCN(C(=O)C2CC2(F)F)C1. The summed E-state index contributed by atoms with van der Waals surface area (Å²) >= 11 is 0. The van der Waals surface area contributed by atoms with Crippen molar-refractivity contribution in [3.05, 3.63) is 0 Å². The number of hydrogen-bond acceptors (Lipinski definition) is 1. The number of amides is 1. The predicted octanol–water partition coefficient (Wildman–Crippen LogP) is 2.29. The predicted molar refractivity (Wildman–Crippen MR) is 52.6 cm³/mol. The van der Waals surface area contributed by atoms with Gasteiger partial charge < -0.3 is 4.90 Å². The van der Waals surface area contributed by atoms with Gasteiger partial charge in [0, 0.05) is 19.5 Å². The molecule has 2 fully saturated rings. The third kappa shape index (κ3) is 2.13. The van der Waals surface area contributed by atoms with E-state index < -0.39 is 11.8 Å². The number of halogens is 2. The first-order valence-electron chi connectivity index (χ1n) is 5.71. The van der Waals surface area contributed by atoms with Crippen LogP contribution in [0.25, 0.3) is 0 Å². The van der Waals surface area contributed by atoms with E-state index in [1.54, 1.807) is 4.90 Å². The van der Waals surface area contributed by atoms with E-state index in [1.165, 1.54) is 0 Å². The van der Waals surface area contributed by atoms with Gasteiger partial charge in [0.15, 0.2) is 0 Å². The third-order valence-electron chi connectivity index (χ3n) is 3.53. The van der Waals surface area contributed by atoms with E-state index in [2.05, 4.69) is 6.92 Å². The van der Waals surface area contributed by atoms with E-state index in [4.69, 9.17) is 0 Å². The van der Waals surface area contributed by atoms with Gasteiger partial charge in [0.25, 0.3) is 5.92 Å². The van der Waals surface area contributed by atoms with Crippen LogP contribution in [0.5, 0.6) is 0 Å². The van der Waals surface area contributed by atoms with Gasteiger partial charge in [0.05, 0.1) is 0 Å². The van der Waals surface area contributed by atoms with Crippen LogP contribution in [0.1, 0.15) is 32.6 Å². The standard InChI is InChI=1S/C11H17F2NO/c1-2-8-4-3-5-14(7-8)10(15)9-6-11(9,12)13/h8-9H,2-7H2,1H3. The van der Waals surface area contributed by atoms with Crippen LogP contribution in [0.3, 0.4) is 0 Å². The zero-order valence-electron chi connectivity index (χ0n) is 9.01.